The van der Waals surface area contributed by atoms with Gasteiger partial charge in [0.25, 0.3) is 0 Å². The Labute approximate surface area is 123 Å². The highest BCUT2D eigenvalue weighted by Gasteiger charge is 2.14. The Morgan fingerprint density at radius 3 is 3.00 bits per heavy atom. The number of nitrogens with zero attached hydrogens (tertiary/aromatic N) is 4. The summed E-state index contributed by atoms with van der Waals surface area (Å²) in [7, 11) is 1.88. The third kappa shape index (κ3) is 2.95. The van der Waals surface area contributed by atoms with Crippen LogP contribution in [0.4, 0.5) is 5.82 Å². The van der Waals surface area contributed by atoms with Crippen molar-refractivity contribution in [1.29, 1.82) is 0 Å². The third-order valence-electron chi connectivity index (χ3n) is 3.52. The van der Waals surface area contributed by atoms with Gasteiger partial charge in [0.1, 0.15) is 11.6 Å². The van der Waals surface area contributed by atoms with E-state index in [1.165, 1.54) is 24.8 Å². The zero-order valence-electron chi connectivity index (χ0n) is 11.7. The summed E-state index contributed by atoms with van der Waals surface area (Å²) < 4.78 is 2.28. The predicted molar refractivity (Wildman–Crippen MR) is 80.9 cm³/mol. The lowest BCUT2D eigenvalue weighted by Crippen LogP contribution is -2.02. The number of pyridine rings is 1. The van der Waals surface area contributed by atoms with E-state index in [2.05, 4.69) is 31.1 Å². The second kappa shape index (κ2) is 6.26. The lowest BCUT2D eigenvalue weighted by atomic mass is 10.2. The fourth-order valence-electron chi connectivity index (χ4n) is 2.37. The van der Waals surface area contributed by atoms with Gasteiger partial charge in [-0.1, -0.05) is 24.2 Å². The first-order valence-corrected chi connectivity index (χ1v) is 8.03. The molecule has 6 heteroatoms. The Bertz CT molecular complexity index is 563. The van der Waals surface area contributed by atoms with Gasteiger partial charge in [0.2, 0.25) is 0 Å². The van der Waals surface area contributed by atoms with Crippen LogP contribution in [0.25, 0.3) is 0 Å². The maximum atomic E-state index is 4.33. The van der Waals surface area contributed by atoms with Crippen molar-refractivity contribution in [3.05, 3.63) is 29.7 Å². The monoisotopic (exact) mass is 289 g/mol. The van der Waals surface area contributed by atoms with E-state index in [1.54, 1.807) is 11.8 Å². The fourth-order valence-corrected chi connectivity index (χ4v) is 3.29. The van der Waals surface area contributed by atoms with Crippen LogP contribution in [0.5, 0.6) is 0 Å². The molecule has 5 nitrogen and oxygen atoms in total. The normalized spacial score (nSPS) is 14.7. The van der Waals surface area contributed by atoms with Gasteiger partial charge in [-0.2, -0.15) is 0 Å². The average molecular weight is 289 g/mol. The van der Waals surface area contributed by atoms with E-state index in [-0.39, 0.29) is 0 Å². The quantitative estimate of drug-likeness (QED) is 0.877. The van der Waals surface area contributed by atoms with Gasteiger partial charge in [0.15, 0.2) is 5.16 Å². The molecule has 2 aromatic rings. The molecule has 0 saturated carbocycles. The van der Waals surface area contributed by atoms with Gasteiger partial charge in [-0.15, -0.1) is 10.2 Å². The van der Waals surface area contributed by atoms with Crippen molar-refractivity contribution in [2.45, 2.75) is 43.1 Å². The maximum Gasteiger partial charge on any atom is 0.191 e. The SMILES string of the molecule is CNc1ccc(CSc2nnc3n2CCCCC3)cn1. The molecule has 0 amide bonds. The van der Waals surface area contributed by atoms with Crippen molar-refractivity contribution >= 4 is 17.6 Å². The number of hydrogen-bond donors (Lipinski definition) is 1. The van der Waals surface area contributed by atoms with Crippen molar-refractivity contribution in [2.75, 3.05) is 12.4 Å². The molecule has 0 aliphatic carbocycles. The highest BCUT2D eigenvalue weighted by atomic mass is 32.2. The van der Waals surface area contributed by atoms with Crippen molar-refractivity contribution in [3.8, 4) is 0 Å². The Morgan fingerprint density at radius 2 is 2.20 bits per heavy atom. The van der Waals surface area contributed by atoms with Crippen molar-refractivity contribution in [1.82, 2.24) is 19.7 Å². The molecule has 0 saturated heterocycles. The van der Waals surface area contributed by atoms with Crippen LogP contribution in [0, 0.1) is 0 Å². The van der Waals surface area contributed by atoms with Gasteiger partial charge < -0.3 is 9.88 Å². The molecule has 0 unspecified atom stereocenters. The van der Waals surface area contributed by atoms with Crippen LogP contribution >= 0.6 is 11.8 Å². The minimum absolute atomic E-state index is 0.884. The van der Waals surface area contributed by atoms with Crippen LogP contribution < -0.4 is 5.32 Å². The second-order valence-corrected chi connectivity index (χ2v) is 5.89. The Kier molecular flexibility index (Phi) is 4.20. The number of aromatic nitrogens is 4. The number of rotatable bonds is 4. The number of nitrogens with one attached hydrogen (secondary N) is 1. The maximum absolute atomic E-state index is 4.33. The number of anilines is 1. The van der Waals surface area contributed by atoms with Crippen LogP contribution in [0.2, 0.25) is 0 Å². The average Bonchev–Trinajstić information content (AvgIpc) is 2.72. The first-order valence-electron chi connectivity index (χ1n) is 7.04. The highest BCUT2D eigenvalue weighted by molar-refractivity contribution is 7.98. The molecule has 2 aromatic heterocycles. The third-order valence-corrected chi connectivity index (χ3v) is 4.56. The van der Waals surface area contributed by atoms with Crippen LogP contribution in [0.3, 0.4) is 0 Å². The summed E-state index contributed by atoms with van der Waals surface area (Å²) in [6, 6.07) is 4.10. The zero-order valence-corrected chi connectivity index (χ0v) is 12.5. The lowest BCUT2D eigenvalue weighted by molar-refractivity contribution is 0.591. The molecule has 0 bridgehead atoms. The molecule has 3 heterocycles. The summed E-state index contributed by atoms with van der Waals surface area (Å²) in [6.07, 6.45) is 6.74. The van der Waals surface area contributed by atoms with E-state index in [0.29, 0.717) is 0 Å². The molecular weight excluding hydrogens is 270 g/mol. The number of thioether (sulfide) groups is 1. The molecule has 0 atom stereocenters. The summed E-state index contributed by atoms with van der Waals surface area (Å²) in [6.45, 7) is 1.06. The number of aryl methyl sites for hydroxylation is 1. The van der Waals surface area contributed by atoms with E-state index >= 15 is 0 Å². The van der Waals surface area contributed by atoms with Crippen LogP contribution in [-0.4, -0.2) is 26.8 Å². The van der Waals surface area contributed by atoms with E-state index < -0.39 is 0 Å². The topological polar surface area (TPSA) is 55.6 Å². The van der Waals surface area contributed by atoms with Gasteiger partial charge in [-0.25, -0.2) is 4.98 Å². The minimum Gasteiger partial charge on any atom is -0.373 e. The molecule has 0 radical (unpaired) electrons. The molecule has 0 fully saturated rings. The summed E-state index contributed by atoms with van der Waals surface area (Å²) in [5.41, 5.74) is 1.21. The predicted octanol–water partition coefficient (Wildman–Crippen LogP) is 2.73. The Hall–Kier alpha value is -1.56. The summed E-state index contributed by atoms with van der Waals surface area (Å²) in [4.78, 5) is 4.33. The van der Waals surface area contributed by atoms with E-state index in [9.17, 15) is 0 Å². The molecule has 1 aliphatic rings. The first-order chi connectivity index (χ1) is 9.86. The Morgan fingerprint density at radius 1 is 1.25 bits per heavy atom. The van der Waals surface area contributed by atoms with Crippen LogP contribution in [-0.2, 0) is 18.7 Å². The van der Waals surface area contributed by atoms with Gasteiger partial charge in [-0.3, -0.25) is 0 Å². The van der Waals surface area contributed by atoms with Gasteiger partial charge in [0.05, 0.1) is 0 Å². The van der Waals surface area contributed by atoms with E-state index in [4.69, 9.17) is 0 Å². The van der Waals surface area contributed by atoms with Gasteiger partial charge in [0, 0.05) is 32.0 Å². The molecule has 106 valence electrons. The van der Waals surface area contributed by atoms with E-state index in [1.807, 2.05) is 19.3 Å². The largest absolute Gasteiger partial charge is 0.373 e. The van der Waals surface area contributed by atoms with Crippen molar-refractivity contribution in [3.63, 3.8) is 0 Å². The molecular formula is C14H19N5S. The van der Waals surface area contributed by atoms with E-state index in [0.717, 1.165) is 35.5 Å². The lowest BCUT2D eigenvalue weighted by Gasteiger charge is -2.06. The fraction of sp³-hybridized carbons (Fsp3) is 0.500. The van der Waals surface area contributed by atoms with Crippen LogP contribution in [0.15, 0.2) is 23.5 Å². The first kappa shape index (κ1) is 13.4. The number of fused-ring (bicyclic) bond motifs is 1. The zero-order chi connectivity index (χ0) is 13.8. The summed E-state index contributed by atoms with van der Waals surface area (Å²) >= 11 is 1.75. The molecule has 1 aliphatic heterocycles. The van der Waals surface area contributed by atoms with Crippen molar-refractivity contribution in [2.24, 2.45) is 0 Å². The van der Waals surface area contributed by atoms with Gasteiger partial charge in [-0.05, 0) is 24.5 Å². The number of hydrogen-bond acceptors (Lipinski definition) is 5. The molecule has 20 heavy (non-hydrogen) atoms. The molecule has 0 aromatic carbocycles. The standard InChI is InChI=1S/C14H19N5S/c1-15-12-7-6-11(9-16-12)10-20-14-18-17-13-5-3-2-4-8-19(13)14/h6-7,9H,2-5,8,10H2,1H3,(H,15,16). The van der Waals surface area contributed by atoms with Crippen LogP contribution in [0.1, 0.15) is 30.7 Å². The minimum atomic E-state index is 0.884. The molecule has 1 N–H and O–H groups in total. The smallest absolute Gasteiger partial charge is 0.191 e. The van der Waals surface area contributed by atoms with Crippen molar-refractivity contribution < 1.29 is 0 Å². The Balaban J connectivity index is 1.67. The second-order valence-electron chi connectivity index (χ2n) is 4.95. The van der Waals surface area contributed by atoms with Gasteiger partial charge >= 0.3 is 0 Å². The highest BCUT2D eigenvalue weighted by Crippen LogP contribution is 2.24. The summed E-state index contributed by atoms with van der Waals surface area (Å²) in [5.74, 6) is 2.93. The molecule has 3 rings (SSSR count). The molecule has 0 spiro atoms. The summed E-state index contributed by atoms with van der Waals surface area (Å²) in [5, 5.41) is 12.7.